The third kappa shape index (κ3) is 1.73. The minimum absolute atomic E-state index is 0.0786. The van der Waals surface area contributed by atoms with Crippen molar-refractivity contribution >= 4 is 0 Å². The Morgan fingerprint density at radius 2 is 2.80 bits per heavy atom. The number of hydrogen-bond acceptors (Lipinski definition) is 0. The molecule has 0 radical (unpaired) electrons. The summed E-state index contributed by atoms with van der Waals surface area (Å²) in [7, 11) is 0. The molecule has 2 atom stereocenters. The minimum atomic E-state index is -0.131. The van der Waals surface area contributed by atoms with E-state index in [1.54, 1.807) is 0 Å². The van der Waals surface area contributed by atoms with Gasteiger partial charge in [-0.25, -0.2) is 0 Å². The zero-order valence-corrected chi connectivity index (χ0v) is 6.65. The van der Waals surface area contributed by atoms with Gasteiger partial charge in [0.1, 0.15) is 0 Å². The first-order chi connectivity index (χ1) is 6.02. The van der Waals surface area contributed by atoms with Gasteiger partial charge in [-0.05, 0) is 39.0 Å². The molecule has 0 saturated heterocycles. The molecule has 0 spiro atoms. The first kappa shape index (κ1) is 4.38. The Morgan fingerprint density at radius 3 is 3.40 bits per heavy atom. The predicted octanol–water partition coefficient (Wildman–Crippen LogP) is 3.31. The smallest absolute Gasteiger partial charge is 0.0537 e. The van der Waals surface area contributed by atoms with E-state index in [4.69, 9.17) is 4.11 Å². The van der Waals surface area contributed by atoms with Gasteiger partial charge in [0, 0.05) is 1.37 Å². The van der Waals surface area contributed by atoms with Crippen LogP contribution in [0, 0.1) is 5.92 Å². The zero-order valence-electron chi connectivity index (χ0n) is 9.65. The molecule has 0 aromatic carbocycles. The van der Waals surface area contributed by atoms with Crippen LogP contribution in [0.2, 0.25) is 0 Å². The molecule has 1 aliphatic carbocycles. The fraction of sp³-hybridized carbons (Fsp3) is 0.600. The number of allylic oxidation sites excluding steroid dienone is 3. The van der Waals surface area contributed by atoms with Crippen LogP contribution in [0.25, 0.3) is 0 Å². The number of hydrogen-bond donors (Lipinski definition) is 0. The lowest BCUT2D eigenvalue weighted by atomic mass is 9.86. The SMILES string of the molecule is [2H]C([2H])=C(C)[C@H]1CC=C(C)C([2H])C1. The highest BCUT2D eigenvalue weighted by atomic mass is 14.2. The largest absolute Gasteiger partial charge is 0.0998 e. The molecular formula is C10H16. The fourth-order valence-electron chi connectivity index (χ4n) is 1.19. The molecule has 0 N–H and O–H groups in total. The molecule has 0 nitrogen and oxygen atoms in total. The zero-order chi connectivity index (χ0) is 10.0. The van der Waals surface area contributed by atoms with Crippen molar-refractivity contribution in [2.75, 3.05) is 0 Å². The van der Waals surface area contributed by atoms with Crippen LogP contribution in [0.1, 0.15) is 37.2 Å². The Labute approximate surface area is 67.9 Å². The van der Waals surface area contributed by atoms with Crippen molar-refractivity contribution in [2.45, 2.75) is 33.1 Å². The molecule has 0 aliphatic heterocycles. The molecule has 0 bridgehead atoms. The Bertz CT molecular complexity index is 249. The van der Waals surface area contributed by atoms with Crippen LogP contribution in [0.15, 0.2) is 23.8 Å². The summed E-state index contributed by atoms with van der Waals surface area (Å²) in [5.41, 5.74) is 1.95. The summed E-state index contributed by atoms with van der Waals surface area (Å²) in [5, 5.41) is 0. The van der Waals surface area contributed by atoms with Gasteiger partial charge in [0.05, 0.1) is 2.74 Å². The van der Waals surface area contributed by atoms with Crippen LogP contribution >= 0.6 is 0 Å². The van der Waals surface area contributed by atoms with Gasteiger partial charge in [0.25, 0.3) is 0 Å². The van der Waals surface area contributed by atoms with Crippen LogP contribution in [-0.2, 0) is 0 Å². The highest BCUT2D eigenvalue weighted by Gasteiger charge is 2.11. The van der Waals surface area contributed by atoms with Crippen LogP contribution in [0.4, 0.5) is 0 Å². The molecule has 0 aromatic heterocycles. The van der Waals surface area contributed by atoms with Gasteiger partial charge in [0.15, 0.2) is 0 Å². The third-order valence-corrected chi connectivity index (χ3v) is 2.06. The van der Waals surface area contributed by atoms with Gasteiger partial charge in [-0.15, -0.1) is 0 Å². The van der Waals surface area contributed by atoms with Crippen LogP contribution < -0.4 is 0 Å². The predicted molar refractivity (Wildman–Crippen MR) is 45.9 cm³/mol. The molecule has 0 saturated carbocycles. The molecule has 1 unspecified atom stereocenters. The van der Waals surface area contributed by atoms with E-state index in [0.29, 0.717) is 0 Å². The van der Waals surface area contributed by atoms with E-state index in [9.17, 15) is 0 Å². The maximum atomic E-state index is 7.73. The summed E-state index contributed by atoms with van der Waals surface area (Å²) in [6.07, 6.45) is 3.61. The van der Waals surface area contributed by atoms with Crippen molar-refractivity contribution in [2.24, 2.45) is 5.92 Å². The normalized spacial score (nSPS) is 37.0. The molecule has 0 amide bonds. The van der Waals surface area contributed by atoms with Gasteiger partial charge < -0.3 is 0 Å². The first-order valence-electron chi connectivity index (χ1n) is 5.33. The molecular weight excluding hydrogens is 120 g/mol. The van der Waals surface area contributed by atoms with E-state index in [-0.39, 0.29) is 18.8 Å². The lowest BCUT2D eigenvalue weighted by Gasteiger charge is -2.19. The lowest BCUT2D eigenvalue weighted by Crippen LogP contribution is -2.04. The van der Waals surface area contributed by atoms with E-state index in [1.807, 2.05) is 13.8 Å². The van der Waals surface area contributed by atoms with E-state index in [0.717, 1.165) is 24.0 Å². The summed E-state index contributed by atoms with van der Waals surface area (Å²) in [5.74, 6) is 0.246. The van der Waals surface area contributed by atoms with Crippen molar-refractivity contribution in [3.05, 3.63) is 23.8 Å². The Kier molecular flexibility index (Phi) is 1.33. The van der Waals surface area contributed by atoms with Gasteiger partial charge in [-0.3, -0.25) is 0 Å². The molecule has 0 aromatic rings. The average Bonchev–Trinajstić information content (AvgIpc) is 2.08. The van der Waals surface area contributed by atoms with Gasteiger partial charge >= 0.3 is 0 Å². The Hall–Kier alpha value is -0.520. The molecule has 56 valence electrons. The number of rotatable bonds is 1. The van der Waals surface area contributed by atoms with E-state index in [1.165, 1.54) is 0 Å². The maximum absolute atomic E-state index is 7.73. The standard InChI is InChI=1S/C10H16/c1-8(2)10-6-4-9(3)5-7-10/h4,10H,1,5-7H2,2-3H3/t10-/m0/s1/i1D2,5D/t5?,10-. The van der Waals surface area contributed by atoms with Crippen molar-refractivity contribution in [3.8, 4) is 0 Å². The average molecular weight is 139 g/mol. The summed E-state index contributed by atoms with van der Waals surface area (Å²) in [6.45, 7) is 3.74. The second-order valence-electron chi connectivity index (χ2n) is 3.00. The first-order valence-corrected chi connectivity index (χ1v) is 3.75. The monoisotopic (exact) mass is 139 g/mol. The topological polar surface area (TPSA) is 0 Å². The molecule has 0 fully saturated rings. The summed E-state index contributed by atoms with van der Waals surface area (Å²) in [6, 6.07) is 0. The molecule has 10 heavy (non-hydrogen) atoms. The second kappa shape index (κ2) is 3.05. The van der Waals surface area contributed by atoms with Crippen molar-refractivity contribution in [1.82, 2.24) is 0 Å². The second-order valence-corrected chi connectivity index (χ2v) is 3.00. The quantitative estimate of drug-likeness (QED) is 0.489. The van der Waals surface area contributed by atoms with E-state index in [2.05, 4.69) is 6.08 Å². The Balaban J connectivity index is 2.74. The lowest BCUT2D eigenvalue weighted by molar-refractivity contribution is 0.540. The summed E-state index contributed by atoms with van der Waals surface area (Å²) < 4.78 is 22.1. The minimum Gasteiger partial charge on any atom is -0.0998 e. The van der Waals surface area contributed by atoms with Crippen LogP contribution in [-0.4, -0.2) is 0 Å². The van der Waals surface area contributed by atoms with Gasteiger partial charge in [0.2, 0.25) is 0 Å². The Morgan fingerprint density at radius 1 is 2.00 bits per heavy atom. The molecule has 1 aliphatic rings. The highest BCUT2D eigenvalue weighted by Crippen LogP contribution is 2.27. The molecule has 1 rings (SSSR count). The van der Waals surface area contributed by atoms with Crippen LogP contribution in [0.5, 0.6) is 0 Å². The third-order valence-electron chi connectivity index (χ3n) is 2.06. The van der Waals surface area contributed by atoms with Crippen molar-refractivity contribution in [3.63, 3.8) is 0 Å². The fourth-order valence-corrected chi connectivity index (χ4v) is 1.19. The van der Waals surface area contributed by atoms with Gasteiger partial charge in [-0.1, -0.05) is 23.8 Å². The summed E-state index contributed by atoms with van der Waals surface area (Å²) in [4.78, 5) is 0. The maximum Gasteiger partial charge on any atom is 0.0537 e. The van der Waals surface area contributed by atoms with Crippen molar-refractivity contribution < 1.29 is 4.11 Å². The summed E-state index contributed by atoms with van der Waals surface area (Å²) >= 11 is 0. The van der Waals surface area contributed by atoms with Gasteiger partial charge in [-0.2, -0.15) is 0 Å². The van der Waals surface area contributed by atoms with E-state index < -0.39 is 0 Å². The highest BCUT2D eigenvalue weighted by molar-refractivity contribution is 5.09. The van der Waals surface area contributed by atoms with Crippen LogP contribution in [0.3, 0.4) is 0 Å². The van der Waals surface area contributed by atoms with Crippen molar-refractivity contribution in [1.29, 1.82) is 0 Å². The molecule has 0 heteroatoms. The van der Waals surface area contributed by atoms with E-state index >= 15 is 0 Å². The molecule has 0 heterocycles.